The third-order valence-corrected chi connectivity index (χ3v) is 4.05. The van der Waals surface area contributed by atoms with Crippen LogP contribution in [0.2, 0.25) is 0 Å². The Morgan fingerprint density at radius 1 is 1.32 bits per heavy atom. The summed E-state index contributed by atoms with van der Waals surface area (Å²) < 4.78 is 0. The SMILES string of the molecule is O=C(CCCCl)NC1CCN(C(=O)c2cccc(O)c2)CC1. The van der Waals surface area contributed by atoms with Gasteiger partial charge in [-0.25, -0.2) is 0 Å². The van der Waals surface area contributed by atoms with E-state index in [-0.39, 0.29) is 23.6 Å². The summed E-state index contributed by atoms with van der Waals surface area (Å²) in [6.45, 7) is 1.21. The third kappa shape index (κ3) is 4.63. The number of amides is 2. The van der Waals surface area contributed by atoms with Crippen LogP contribution < -0.4 is 5.32 Å². The first-order chi connectivity index (χ1) is 10.6. The minimum atomic E-state index is -0.0807. The lowest BCUT2D eigenvalue weighted by Gasteiger charge is -2.32. The molecule has 1 aromatic carbocycles. The molecule has 1 fully saturated rings. The number of nitrogens with zero attached hydrogens (tertiary/aromatic N) is 1. The van der Waals surface area contributed by atoms with E-state index in [0.717, 1.165) is 12.8 Å². The van der Waals surface area contributed by atoms with Crippen LogP contribution in [-0.4, -0.2) is 46.8 Å². The van der Waals surface area contributed by atoms with E-state index in [9.17, 15) is 14.7 Å². The second-order valence-corrected chi connectivity index (χ2v) is 5.85. The average Bonchev–Trinajstić information content (AvgIpc) is 2.53. The lowest BCUT2D eigenvalue weighted by Crippen LogP contribution is -2.46. The Bertz CT molecular complexity index is 528. The molecule has 0 aliphatic carbocycles. The number of nitrogens with one attached hydrogen (secondary N) is 1. The van der Waals surface area contributed by atoms with Crippen LogP contribution in [0.3, 0.4) is 0 Å². The van der Waals surface area contributed by atoms with Gasteiger partial charge >= 0.3 is 0 Å². The first-order valence-corrected chi connectivity index (χ1v) is 8.07. The zero-order valence-corrected chi connectivity index (χ0v) is 13.2. The van der Waals surface area contributed by atoms with Crippen molar-refractivity contribution in [1.82, 2.24) is 10.2 Å². The molecule has 1 aliphatic heterocycles. The van der Waals surface area contributed by atoms with Gasteiger partial charge in [0.15, 0.2) is 0 Å². The van der Waals surface area contributed by atoms with Gasteiger partial charge in [0, 0.05) is 37.0 Å². The molecule has 0 bridgehead atoms. The maximum atomic E-state index is 12.3. The maximum absolute atomic E-state index is 12.3. The van der Waals surface area contributed by atoms with Gasteiger partial charge in [-0.1, -0.05) is 6.07 Å². The molecule has 1 aromatic rings. The van der Waals surface area contributed by atoms with E-state index in [4.69, 9.17) is 11.6 Å². The molecule has 22 heavy (non-hydrogen) atoms. The number of benzene rings is 1. The number of rotatable bonds is 5. The number of alkyl halides is 1. The second-order valence-electron chi connectivity index (χ2n) is 5.48. The second kappa shape index (κ2) is 8.03. The van der Waals surface area contributed by atoms with Gasteiger partial charge in [-0.2, -0.15) is 0 Å². The highest BCUT2D eigenvalue weighted by Crippen LogP contribution is 2.17. The van der Waals surface area contributed by atoms with Crippen molar-refractivity contribution in [2.45, 2.75) is 31.7 Å². The van der Waals surface area contributed by atoms with E-state index in [1.807, 2.05) is 0 Å². The Balaban J connectivity index is 1.82. The molecule has 2 amide bonds. The van der Waals surface area contributed by atoms with Gasteiger partial charge in [-0.3, -0.25) is 9.59 Å². The molecule has 0 saturated carbocycles. The van der Waals surface area contributed by atoms with E-state index >= 15 is 0 Å². The number of halogens is 1. The normalized spacial score (nSPS) is 15.6. The van der Waals surface area contributed by atoms with Crippen LogP contribution >= 0.6 is 11.6 Å². The molecule has 0 aromatic heterocycles. The predicted octanol–water partition coefficient (Wildman–Crippen LogP) is 2.13. The summed E-state index contributed by atoms with van der Waals surface area (Å²) in [7, 11) is 0. The van der Waals surface area contributed by atoms with Crippen LogP contribution in [0, 0.1) is 0 Å². The van der Waals surface area contributed by atoms with E-state index in [1.165, 1.54) is 6.07 Å². The lowest BCUT2D eigenvalue weighted by atomic mass is 10.0. The monoisotopic (exact) mass is 324 g/mol. The zero-order valence-electron chi connectivity index (χ0n) is 12.4. The fraction of sp³-hybridized carbons (Fsp3) is 0.500. The first-order valence-electron chi connectivity index (χ1n) is 7.54. The topological polar surface area (TPSA) is 69.6 Å². The summed E-state index contributed by atoms with van der Waals surface area (Å²) in [5.74, 6) is 0.526. The summed E-state index contributed by atoms with van der Waals surface area (Å²) >= 11 is 5.57. The van der Waals surface area contributed by atoms with Crippen molar-refractivity contribution in [2.24, 2.45) is 0 Å². The van der Waals surface area contributed by atoms with Gasteiger partial charge < -0.3 is 15.3 Å². The molecule has 2 rings (SSSR count). The minimum absolute atomic E-state index is 0.0263. The molecule has 1 aliphatic rings. The highest BCUT2D eigenvalue weighted by molar-refractivity contribution is 6.17. The van der Waals surface area contributed by atoms with Crippen molar-refractivity contribution < 1.29 is 14.7 Å². The number of hydrogen-bond acceptors (Lipinski definition) is 3. The Labute approximate surface area is 135 Å². The van der Waals surface area contributed by atoms with Crippen molar-refractivity contribution in [3.63, 3.8) is 0 Å². The highest BCUT2D eigenvalue weighted by atomic mass is 35.5. The van der Waals surface area contributed by atoms with E-state index in [2.05, 4.69) is 5.32 Å². The van der Waals surface area contributed by atoms with Crippen LogP contribution in [0.4, 0.5) is 0 Å². The van der Waals surface area contributed by atoms with Gasteiger partial charge in [0.2, 0.25) is 5.91 Å². The van der Waals surface area contributed by atoms with Gasteiger partial charge in [-0.15, -0.1) is 11.6 Å². The molecule has 0 unspecified atom stereocenters. The van der Waals surface area contributed by atoms with E-state index in [1.54, 1.807) is 23.1 Å². The minimum Gasteiger partial charge on any atom is -0.508 e. The van der Waals surface area contributed by atoms with Crippen molar-refractivity contribution in [1.29, 1.82) is 0 Å². The summed E-state index contributed by atoms with van der Waals surface area (Å²) in [4.78, 5) is 25.8. The largest absolute Gasteiger partial charge is 0.508 e. The molecule has 2 N–H and O–H groups in total. The zero-order chi connectivity index (χ0) is 15.9. The number of likely N-dealkylation sites (tertiary alicyclic amines) is 1. The van der Waals surface area contributed by atoms with Gasteiger partial charge in [-0.05, 0) is 37.5 Å². The van der Waals surface area contributed by atoms with Gasteiger partial charge in [0.1, 0.15) is 5.75 Å². The maximum Gasteiger partial charge on any atom is 0.253 e. The molecule has 0 radical (unpaired) electrons. The molecular formula is C16H21ClN2O3. The third-order valence-electron chi connectivity index (χ3n) is 3.78. The fourth-order valence-electron chi connectivity index (χ4n) is 2.58. The Morgan fingerprint density at radius 2 is 2.05 bits per heavy atom. The van der Waals surface area contributed by atoms with Crippen LogP contribution in [0.15, 0.2) is 24.3 Å². The number of aromatic hydroxyl groups is 1. The molecule has 1 saturated heterocycles. The number of phenols is 1. The van der Waals surface area contributed by atoms with Crippen molar-refractivity contribution in [3.05, 3.63) is 29.8 Å². The number of carbonyl (C=O) groups excluding carboxylic acids is 2. The number of phenolic OH excluding ortho intramolecular Hbond substituents is 1. The van der Waals surface area contributed by atoms with Crippen LogP contribution in [0.5, 0.6) is 5.75 Å². The van der Waals surface area contributed by atoms with Crippen LogP contribution in [0.25, 0.3) is 0 Å². The Hall–Kier alpha value is -1.75. The number of piperidine rings is 1. The summed E-state index contributed by atoms with van der Waals surface area (Å²) in [6, 6.07) is 6.49. The van der Waals surface area contributed by atoms with E-state index < -0.39 is 0 Å². The molecular weight excluding hydrogens is 304 g/mol. The predicted molar refractivity (Wildman–Crippen MR) is 85.1 cm³/mol. The Morgan fingerprint density at radius 3 is 2.68 bits per heavy atom. The average molecular weight is 325 g/mol. The fourth-order valence-corrected chi connectivity index (χ4v) is 2.71. The molecule has 120 valence electrons. The van der Waals surface area contributed by atoms with Crippen molar-refractivity contribution in [3.8, 4) is 5.75 Å². The smallest absolute Gasteiger partial charge is 0.253 e. The molecule has 0 atom stereocenters. The summed E-state index contributed by atoms with van der Waals surface area (Å²) in [5.41, 5.74) is 0.490. The number of carbonyl (C=O) groups is 2. The van der Waals surface area contributed by atoms with E-state index in [0.29, 0.717) is 37.4 Å². The first kappa shape index (κ1) is 16.6. The summed E-state index contributed by atoms with van der Waals surface area (Å²) in [5, 5.41) is 12.4. The Kier molecular flexibility index (Phi) is 6.07. The van der Waals surface area contributed by atoms with Crippen molar-refractivity contribution in [2.75, 3.05) is 19.0 Å². The lowest BCUT2D eigenvalue weighted by molar-refractivity contribution is -0.122. The summed E-state index contributed by atoms with van der Waals surface area (Å²) in [6.07, 6.45) is 2.63. The van der Waals surface area contributed by atoms with Crippen LogP contribution in [0.1, 0.15) is 36.0 Å². The highest BCUT2D eigenvalue weighted by Gasteiger charge is 2.24. The quantitative estimate of drug-likeness (QED) is 0.815. The van der Waals surface area contributed by atoms with Crippen LogP contribution in [-0.2, 0) is 4.79 Å². The van der Waals surface area contributed by atoms with Gasteiger partial charge in [0.25, 0.3) is 5.91 Å². The molecule has 6 heteroatoms. The van der Waals surface area contributed by atoms with Gasteiger partial charge in [0.05, 0.1) is 0 Å². The number of hydrogen-bond donors (Lipinski definition) is 2. The van der Waals surface area contributed by atoms with Crippen molar-refractivity contribution >= 4 is 23.4 Å². The molecule has 0 spiro atoms. The standard InChI is InChI=1S/C16H21ClN2O3/c17-8-2-5-15(21)18-13-6-9-19(10-7-13)16(22)12-3-1-4-14(20)11-12/h1,3-4,11,13,20H,2,5-10H2,(H,18,21). The molecule has 5 nitrogen and oxygen atoms in total. The molecule has 1 heterocycles.